The first-order valence-corrected chi connectivity index (χ1v) is 9.99. The number of nitro groups is 1. The third-order valence-electron chi connectivity index (χ3n) is 5.63. The van der Waals surface area contributed by atoms with Crippen molar-refractivity contribution in [2.75, 3.05) is 31.1 Å². The molecule has 0 atom stereocenters. The monoisotopic (exact) mass is 392 g/mol. The summed E-state index contributed by atoms with van der Waals surface area (Å²) in [5, 5.41) is 11.3. The molecule has 0 unspecified atom stereocenters. The molecule has 1 N–H and O–H groups in total. The number of aryl methyl sites for hydroxylation is 2. The van der Waals surface area contributed by atoms with Gasteiger partial charge in [-0.2, -0.15) is 0 Å². The molecule has 1 aliphatic rings. The fourth-order valence-corrected chi connectivity index (χ4v) is 4.01. The predicted octanol–water partition coefficient (Wildman–Crippen LogP) is 3.38. The van der Waals surface area contributed by atoms with Crippen molar-refractivity contribution >= 4 is 11.4 Å². The number of nitrogens with zero attached hydrogens (tertiary/aromatic N) is 2. The number of benzene rings is 2. The standard InChI is InChI=1S/C23H25N3O3/c1-17-7-8-18(2)22(15-17)25-13-11-24(12-14-25)16-19-9-10-23(29-19)20-5-3-4-6-21(20)26(27)28/h3-10,15H,11-14,16H2,1-2H3/p+1. The number of piperazine rings is 1. The number of nitrogens with one attached hydrogen (secondary N) is 1. The summed E-state index contributed by atoms with van der Waals surface area (Å²) in [5.74, 6) is 1.43. The van der Waals surface area contributed by atoms with E-state index in [0.29, 0.717) is 11.3 Å². The van der Waals surface area contributed by atoms with E-state index in [1.54, 1.807) is 18.2 Å². The number of hydrogen-bond acceptors (Lipinski definition) is 4. The molecule has 1 saturated heterocycles. The molecule has 150 valence electrons. The van der Waals surface area contributed by atoms with E-state index in [4.69, 9.17) is 4.42 Å². The maximum absolute atomic E-state index is 11.3. The first kappa shape index (κ1) is 19.2. The van der Waals surface area contributed by atoms with Crippen molar-refractivity contribution in [3.8, 4) is 11.3 Å². The Balaban J connectivity index is 1.41. The highest BCUT2D eigenvalue weighted by atomic mass is 16.6. The molecular weight excluding hydrogens is 366 g/mol. The maximum atomic E-state index is 11.3. The Labute approximate surface area is 170 Å². The van der Waals surface area contributed by atoms with Gasteiger partial charge in [0.1, 0.15) is 12.3 Å². The second kappa shape index (κ2) is 8.09. The van der Waals surface area contributed by atoms with Gasteiger partial charge in [0.25, 0.3) is 5.69 Å². The van der Waals surface area contributed by atoms with Crippen molar-refractivity contribution < 1.29 is 14.2 Å². The average Bonchev–Trinajstić information content (AvgIpc) is 3.19. The highest BCUT2D eigenvalue weighted by molar-refractivity contribution is 5.69. The lowest BCUT2D eigenvalue weighted by atomic mass is 10.1. The van der Waals surface area contributed by atoms with Gasteiger partial charge in [-0.05, 0) is 49.2 Å². The summed E-state index contributed by atoms with van der Waals surface area (Å²) in [6, 6.07) is 17.1. The molecule has 2 aromatic carbocycles. The Bertz CT molecular complexity index is 1020. The van der Waals surface area contributed by atoms with Crippen molar-refractivity contribution in [2.24, 2.45) is 0 Å². The highest BCUT2D eigenvalue weighted by Crippen LogP contribution is 2.30. The highest BCUT2D eigenvalue weighted by Gasteiger charge is 2.23. The molecule has 1 fully saturated rings. The Kier molecular flexibility index (Phi) is 5.36. The normalized spacial score (nSPS) is 14.9. The van der Waals surface area contributed by atoms with Crippen LogP contribution in [-0.2, 0) is 6.54 Å². The van der Waals surface area contributed by atoms with E-state index in [-0.39, 0.29) is 10.6 Å². The lowest BCUT2D eigenvalue weighted by Crippen LogP contribution is -3.13. The summed E-state index contributed by atoms with van der Waals surface area (Å²) < 4.78 is 5.97. The zero-order valence-electron chi connectivity index (χ0n) is 16.9. The summed E-state index contributed by atoms with van der Waals surface area (Å²) in [7, 11) is 0. The zero-order chi connectivity index (χ0) is 20.4. The molecule has 6 heteroatoms. The van der Waals surface area contributed by atoms with Crippen molar-refractivity contribution in [2.45, 2.75) is 20.4 Å². The van der Waals surface area contributed by atoms with E-state index in [1.807, 2.05) is 12.1 Å². The minimum atomic E-state index is -0.366. The topological polar surface area (TPSA) is 64.0 Å². The van der Waals surface area contributed by atoms with E-state index in [1.165, 1.54) is 27.8 Å². The average molecular weight is 392 g/mol. The lowest BCUT2D eigenvalue weighted by Gasteiger charge is -2.34. The molecule has 0 aliphatic carbocycles. The van der Waals surface area contributed by atoms with E-state index in [0.717, 1.165) is 38.5 Å². The van der Waals surface area contributed by atoms with E-state index < -0.39 is 0 Å². The van der Waals surface area contributed by atoms with Crippen LogP contribution < -0.4 is 9.80 Å². The van der Waals surface area contributed by atoms with Crippen LogP contribution in [0.3, 0.4) is 0 Å². The second-order valence-corrected chi connectivity index (χ2v) is 7.74. The van der Waals surface area contributed by atoms with Gasteiger partial charge >= 0.3 is 0 Å². The van der Waals surface area contributed by atoms with E-state index in [9.17, 15) is 10.1 Å². The van der Waals surface area contributed by atoms with E-state index >= 15 is 0 Å². The van der Waals surface area contributed by atoms with Gasteiger partial charge in [-0.1, -0.05) is 24.3 Å². The smallest absolute Gasteiger partial charge is 0.280 e. The quantitative estimate of drug-likeness (QED) is 0.534. The van der Waals surface area contributed by atoms with Gasteiger partial charge in [-0.15, -0.1) is 0 Å². The summed E-state index contributed by atoms with van der Waals surface area (Å²) in [4.78, 5) is 14.8. The number of para-hydroxylation sites is 1. The molecule has 3 aromatic rings. The van der Waals surface area contributed by atoms with Gasteiger partial charge in [0.15, 0.2) is 5.76 Å². The molecule has 1 aromatic heterocycles. The third-order valence-corrected chi connectivity index (χ3v) is 5.63. The number of quaternary nitrogens is 1. The molecular formula is C23H26N3O3+. The molecule has 0 amide bonds. The molecule has 4 rings (SSSR count). The van der Waals surface area contributed by atoms with Crippen LogP contribution in [-0.4, -0.2) is 31.1 Å². The summed E-state index contributed by atoms with van der Waals surface area (Å²) in [6.45, 7) is 9.19. The number of nitro benzene ring substituents is 1. The van der Waals surface area contributed by atoms with Gasteiger partial charge in [-0.25, -0.2) is 0 Å². The molecule has 0 bridgehead atoms. The van der Waals surface area contributed by atoms with Gasteiger partial charge in [0, 0.05) is 11.8 Å². The van der Waals surface area contributed by atoms with Gasteiger partial charge in [0.05, 0.1) is 36.7 Å². The SMILES string of the molecule is Cc1ccc(C)c(N2CC[NH+](Cc3ccc(-c4ccccc4[N+](=O)[O-])o3)CC2)c1. The fraction of sp³-hybridized carbons (Fsp3) is 0.304. The zero-order valence-corrected chi connectivity index (χ0v) is 16.9. The van der Waals surface area contributed by atoms with Crippen LogP contribution in [0.5, 0.6) is 0 Å². The van der Waals surface area contributed by atoms with Crippen LogP contribution >= 0.6 is 0 Å². The van der Waals surface area contributed by atoms with Crippen LogP contribution in [0.2, 0.25) is 0 Å². The lowest BCUT2D eigenvalue weighted by molar-refractivity contribution is -0.915. The van der Waals surface area contributed by atoms with Crippen molar-refractivity contribution in [3.05, 3.63) is 81.6 Å². The number of rotatable bonds is 5. The first-order valence-electron chi connectivity index (χ1n) is 9.99. The first-order chi connectivity index (χ1) is 14.0. The molecule has 6 nitrogen and oxygen atoms in total. The fourth-order valence-electron chi connectivity index (χ4n) is 4.01. The summed E-state index contributed by atoms with van der Waals surface area (Å²) in [5.41, 5.74) is 4.54. The Morgan fingerprint density at radius 1 is 1.07 bits per heavy atom. The third kappa shape index (κ3) is 4.17. The predicted molar refractivity (Wildman–Crippen MR) is 113 cm³/mol. The Morgan fingerprint density at radius 3 is 2.59 bits per heavy atom. The summed E-state index contributed by atoms with van der Waals surface area (Å²) >= 11 is 0. The second-order valence-electron chi connectivity index (χ2n) is 7.74. The van der Waals surface area contributed by atoms with Gasteiger partial charge in [-0.3, -0.25) is 10.1 Å². The van der Waals surface area contributed by atoms with Crippen LogP contribution in [0.25, 0.3) is 11.3 Å². The number of anilines is 1. The number of hydrogen-bond donors (Lipinski definition) is 1. The molecule has 29 heavy (non-hydrogen) atoms. The van der Waals surface area contributed by atoms with Gasteiger partial charge < -0.3 is 14.2 Å². The summed E-state index contributed by atoms with van der Waals surface area (Å²) in [6.07, 6.45) is 0. The molecule has 2 heterocycles. The van der Waals surface area contributed by atoms with Crippen molar-refractivity contribution in [1.82, 2.24) is 0 Å². The van der Waals surface area contributed by atoms with Crippen LogP contribution in [0.15, 0.2) is 59.0 Å². The molecule has 0 spiro atoms. The van der Waals surface area contributed by atoms with Crippen LogP contribution in [0, 0.1) is 24.0 Å². The Morgan fingerprint density at radius 2 is 1.83 bits per heavy atom. The van der Waals surface area contributed by atoms with Crippen molar-refractivity contribution in [3.63, 3.8) is 0 Å². The number of furan rings is 1. The van der Waals surface area contributed by atoms with Crippen LogP contribution in [0.4, 0.5) is 11.4 Å². The molecule has 0 saturated carbocycles. The van der Waals surface area contributed by atoms with Gasteiger partial charge in [0.2, 0.25) is 0 Å². The van der Waals surface area contributed by atoms with Crippen LogP contribution in [0.1, 0.15) is 16.9 Å². The Hall–Kier alpha value is -3.12. The minimum absolute atomic E-state index is 0.0721. The molecule has 1 aliphatic heterocycles. The largest absolute Gasteiger partial charge is 0.455 e. The minimum Gasteiger partial charge on any atom is -0.455 e. The van der Waals surface area contributed by atoms with E-state index in [2.05, 4.69) is 36.9 Å². The molecule has 0 radical (unpaired) electrons. The van der Waals surface area contributed by atoms with Crippen molar-refractivity contribution in [1.29, 1.82) is 0 Å². The maximum Gasteiger partial charge on any atom is 0.280 e.